The van der Waals surface area contributed by atoms with Crippen molar-refractivity contribution in [2.24, 2.45) is 0 Å². The second kappa shape index (κ2) is 6.16. The second-order valence-corrected chi connectivity index (χ2v) is 5.61. The predicted molar refractivity (Wildman–Crippen MR) is 82.5 cm³/mol. The number of nitrogens with zero attached hydrogens (tertiary/aromatic N) is 2. The highest BCUT2D eigenvalue weighted by Crippen LogP contribution is 2.26. The summed E-state index contributed by atoms with van der Waals surface area (Å²) in [6, 6.07) is 5.86. The molecule has 0 aliphatic carbocycles. The van der Waals surface area contributed by atoms with Gasteiger partial charge in [-0.05, 0) is 31.0 Å². The van der Waals surface area contributed by atoms with Crippen molar-refractivity contribution in [2.45, 2.75) is 45.1 Å². The highest BCUT2D eigenvalue weighted by molar-refractivity contribution is 5.93. The monoisotopic (exact) mass is 287 g/mol. The summed E-state index contributed by atoms with van der Waals surface area (Å²) < 4.78 is 5.46. The first-order valence-electron chi connectivity index (χ1n) is 7.69. The minimum Gasteiger partial charge on any atom is -0.444 e. The third-order valence-electron chi connectivity index (χ3n) is 3.99. The molecular formula is C16H21N3O2. The molecule has 1 aliphatic heterocycles. The van der Waals surface area contributed by atoms with Gasteiger partial charge < -0.3 is 4.74 Å². The van der Waals surface area contributed by atoms with Crippen LogP contribution in [0, 0.1) is 0 Å². The Bertz CT molecular complexity index is 623. The molecule has 0 bridgehead atoms. The van der Waals surface area contributed by atoms with Crippen LogP contribution in [0.5, 0.6) is 0 Å². The summed E-state index contributed by atoms with van der Waals surface area (Å²) in [7, 11) is 0. The molecule has 21 heavy (non-hydrogen) atoms. The minimum atomic E-state index is -0.241. The number of amides is 1. The Morgan fingerprint density at radius 1 is 1.38 bits per heavy atom. The van der Waals surface area contributed by atoms with E-state index >= 15 is 0 Å². The molecule has 3 rings (SSSR count). The minimum absolute atomic E-state index is 0.0202. The molecule has 1 amide bonds. The number of ether oxygens (including phenoxy) is 1. The first-order chi connectivity index (χ1) is 10.3. The summed E-state index contributed by atoms with van der Waals surface area (Å²) in [6.07, 6.45) is 7.32. The van der Waals surface area contributed by atoms with Gasteiger partial charge in [-0.25, -0.2) is 4.79 Å². The Hall–Kier alpha value is -2.04. The van der Waals surface area contributed by atoms with Crippen molar-refractivity contribution < 1.29 is 9.53 Å². The normalized spacial score (nSPS) is 18.4. The van der Waals surface area contributed by atoms with E-state index in [4.69, 9.17) is 4.74 Å². The lowest BCUT2D eigenvalue weighted by molar-refractivity contribution is 0.135. The molecule has 1 aromatic carbocycles. The Kier molecular flexibility index (Phi) is 4.08. The number of rotatable bonds is 6. The molecule has 5 nitrogen and oxygen atoms in total. The van der Waals surface area contributed by atoms with Gasteiger partial charge >= 0.3 is 6.09 Å². The number of H-pyrrole nitrogens is 1. The molecule has 112 valence electrons. The highest BCUT2D eigenvalue weighted by atomic mass is 16.6. The van der Waals surface area contributed by atoms with E-state index < -0.39 is 0 Å². The molecule has 1 aliphatic rings. The fraction of sp³-hybridized carbons (Fsp3) is 0.500. The van der Waals surface area contributed by atoms with Gasteiger partial charge in [-0.2, -0.15) is 5.10 Å². The number of fused-ring (bicyclic) bond motifs is 1. The van der Waals surface area contributed by atoms with Crippen molar-refractivity contribution >= 4 is 22.7 Å². The standard InChI is InChI=1S/C16H21N3O2/c1-2-3-4-5-6-14-11-19(16(20)21-14)13-8-7-12-10-17-18-15(12)9-13/h7-10,14H,2-6,11H2,1H3,(H,17,18). The van der Waals surface area contributed by atoms with E-state index in [1.54, 1.807) is 11.1 Å². The molecule has 1 N–H and O–H groups in total. The van der Waals surface area contributed by atoms with Gasteiger partial charge in [0.25, 0.3) is 0 Å². The van der Waals surface area contributed by atoms with Crippen LogP contribution >= 0.6 is 0 Å². The maximum Gasteiger partial charge on any atom is 0.414 e. The summed E-state index contributed by atoms with van der Waals surface area (Å²) in [6.45, 7) is 2.84. The Balaban J connectivity index is 1.64. The molecular weight excluding hydrogens is 266 g/mol. The second-order valence-electron chi connectivity index (χ2n) is 5.61. The van der Waals surface area contributed by atoms with Gasteiger partial charge in [-0.3, -0.25) is 10.00 Å². The topological polar surface area (TPSA) is 58.2 Å². The van der Waals surface area contributed by atoms with E-state index in [1.165, 1.54) is 19.3 Å². The van der Waals surface area contributed by atoms with Crippen molar-refractivity contribution in [2.75, 3.05) is 11.4 Å². The van der Waals surface area contributed by atoms with Crippen LogP contribution in [0.25, 0.3) is 10.9 Å². The number of carbonyl (C=O) groups excluding carboxylic acids is 1. The zero-order valence-corrected chi connectivity index (χ0v) is 12.3. The fourth-order valence-corrected chi connectivity index (χ4v) is 2.77. The quantitative estimate of drug-likeness (QED) is 0.821. The number of aromatic amines is 1. The molecule has 0 spiro atoms. The van der Waals surface area contributed by atoms with E-state index in [-0.39, 0.29) is 12.2 Å². The van der Waals surface area contributed by atoms with E-state index in [0.717, 1.165) is 29.4 Å². The number of hydrogen-bond acceptors (Lipinski definition) is 3. The Morgan fingerprint density at radius 2 is 2.29 bits per heavy atom. The van der Waals surface area contributed by atoms with Crippen molar-refractivity contribution in [1.29, 1.82) is 0 Å². The molecule has 1 fully saturated rings. The van der Waals surface area contributed by atoms with Gasteiger partial charge in [-0.1, -0.05) is 26.2 Å². The van der Waals surface area contributed by atoms with E-state index in [0.29, 0.717) is 6.54 Å². The number of anilines is 1. The maximum absolute atomic E-state index is 12.0. The van der Waals surface area contributed by atoms with Crippen LogP contribution < -0.4 is 4.90 Å². The van der Waals surface area contributed by atoms with Gasteiger partial charge in [-0.15, -0.1) is 0 Å². The molecule has 2 heterocycles. The average molecular weight is 287 g/mol. The molecule has 2 aromatic rings. The Morgan fingerprint density at radius 3 is 3.14 bits per heavy atom. The highest BCUT2D eigenvalue weighted by Gasteiger charge is 2.31. The molecule has 1 unspecified atom stereocenters. The van der Waals surface area contributed by atoms with Crippen molar-refractivity contribution in [3.05, 3.63) is 24.4 Å². The number of cyclic esters (lactones) is 1. The van der Waals surface area contributed by atoms with Crippen molar-refractivity contribution in [3.63, 3.8) is 0 Å². The molecule has 1 atom stereocenters. The summed E-state index contributed by atoms with van der Waals surface area (Å²) in [4.78, 5) is 13.7. The summed E-state index contributed by atoms with van der Waals surface area (Å²) >= 11 is 0. The molecule has 1 saturated heterocycles. The predicted octanol–water partition coefficient (Wildman–Crippen LogP) is 3.86. The molecule has 0 saturated carbocycles. The van der Waals surface area contributed by atoms with Crippen LogP contribution in [0.4, 0.5) is 10.5 Å². The van der Waals surface area contributed by atoms with Gasteiger partial charge in [0.15, 0.2) is 0 Å². The SMILES string of the molecule is CCCCCCC1CN(c2ccc3cn[nH]c3c2)C(=O)O1. The number of unbranched alkanes of at least 4 members (excludes halogenated alkanes) is 3. The number of benzene rings is 1. The third-order valence-corrected chi connectivity index (χ3v) is 3.99. The van der Waals surface area contributed by atoms with Crippen LogP contribution in [0.1, 0.15) is 39.0 Å². The smallest absolute Gasteiger partial charge is 0.414 e. The largest absolute Gasteiger partial charge is 0.444 e. The first kappa shape index (κ1) is 13.9. The fourth-order valence-electron chi connectivity index (χ4n) is 2.77. The molecule has 5 heteroatoms. The first-order valence-corrected chi connectivity index (χ1v) is 7.69. The average Bonchev–Trinajstić information content (AvgIpc) is 3.09. The lowest BCUT2D eigenvalue weighted by Gasteiger charge is -2.12. The van der Waals surface area contributed by atoms with Crippen LogP contribution in [0.15, 0.2) is 24.4 Å². The lowest BCUT2D eigenvalue weighted by atomic mass is 10.1. The van der Waals surface area contributed by atoms with E-state index in [1.807, 2.05) is 18.2 Å². The van der Waals surface area contributed by atoms with Crippen LogP contribution in [-0.4, -0.2) is 28.9 Å². The summed E-state index contributed by atoms with van der Waals surface area (Å²) in [5.74, 6) is 0. The van der Waals surface area contributed by atoms with E-state index in [2.05, 4.69) is 17.1 Å². The molecule has 1 aromatic heterocycles. The van der Waals surface area contributed by atoms with E-state index in [9.17, 15) is 4.79 Å². The number of aromatic nitrogens is 2. The maximum atomic E-state index is 12.0. The molecule has 0 radical (unpaired) electrons. The number of hydrogen-bond donors (Lipinski definition) is 1. The zero-order chi connectivity index (χ0) is 14.7. The Labute approximate surface area is 124 Å². The van der Waals surface area contributed by atoms with Crippen LogP contribution in [0.2, 0.25) is 0 Å². The van der Waals surface area contributed by atoms with Crippen molar-refractivity contribution in [1.82, 2.24) is 10.2 Å². The zero-order valence-electron chi connectivity index (χ0n) is 12.3. The summed E-state index contributed by atoms with van der Waals surface area (Å²) in [5, 5.41) is 7.97. The number of nitrogens with one attached hydrogen (secondary N) is 1. The van der Waals surface area contributed by atoms with Gasteiger partial charge in [0.05, 0.1) is 18.3 Å². The lowest BCUT2D eigenvalue weighted by Crippen LogP contribution is -2.24. The summed E-state index contributed by atoms with van der Waals surface area (Å²) in [5.41, 5.74) is 1.81. The third kappa shape index (κ3) is 3.01. The van der Waals surface area contributed by atoms with Gasteiger partial charge in [0, 0.05) is 11.1 Å². The van der Waals surface area contributed by atoms with Gasteiger partial charge in [0.2, 0.25) is 0 Å². The van der Waals surface area contributed by atoms with Crippen LogP contribution in [-0.2, 0) is 4.74 Å². The van der Waals surface area contributed by atoms with Crippen LogP contribution in [0.3, 0.4) is 0 Å². The number of carbonyl (C=O) groups is 1. The van der Waals surface area contributed by atoms with Crippen molar-refractivity contribution in [3.8, 4) is 0 Å². The van der Waals surface area contributed by atoms with Gasteiger partial charge in [0.1, 0.15) is 6.10 Å².